The molecule has 5 rings (SSSR count). The first kappa shape index (κ1) is 24.6. The standard InChI is InChI=1S/C27H29F2N3O3S/c1-3-17-12-30-27(31-13-17)32-14-21-8-18(9-22(21)15-32)16-35-26-24(28)10-20(11-25(26)29)19-4-6-23(7-5-19)36(2,33)34/h4-7,10-13,18,21-22H,3,8-9,14-16H2,1-2H3/t18?,21-,22+. The third-order valence-corrected chi connectivity index (χ3v) is 8.44. The summed E-state index contributed by atoms with van der Waals surface area (Å²) < 4.78 is 58.5. The SMILES string of the molecule is CCc1cnc(N2C[C@H]3CC(COc4c(F)cc(-c5ccc(S(C)(=O)=O)cc5)cc4F)C[C@H]3C2)nc1. The molecule has 2 aliphatic rings. The third kappa shape index (κ3) is 5.07. The van der Waals surface area contributed by atoms with Gasteiger partial charge in [-0.15, -0.1) is 0 Å². The Morgan fingerprint density at radius 1 is 0.972 bits per heavy atom. The van der Waals surface area contributed by atoms with Crippen LogP contribution in [-0.2, 0) is 16.3 Å². The molecule has 9 heteroatoms. The molecule has 1 aliphatic heterocycles. The van der Waals surface area contributed by atoms with Crippen LogP contribution in [0.15, 0.2) is 53.7 Å². The van der Waals surface area contributed by atoms with Crippen LogP contribution in [0.4, 0.5) is 14.7 Å². The summed E-state index contributed by atoms with van der Waals surface area (Å²) in [6, 6.07) is 8.37. The third-order valence-electron chi connectivity index (χ3n) is 7.31. The van der Waals surface area contributed by atoms with Crippen LogP contribution in [0, 0.1) is 29.4 Å². The van der Waals surface area contributed by atoms with Crippen LogP contribution in [0.1, 0.15) is 25.3 Å². The number of hydrogen-bond donors (Lipinski definition) is 0. The summed E-state index contributed by atoms with van der Waals surface area (Å²) in [4.78, 5) is 11.4. The van der Waals surface area contributed by atoms with Gasteiger partial charge >= 0.3 is 0 Å². The second kappa shape index (κ2) is 9.76. The normalized spacial score (nSPS) is 21.6. The molecule has 0 radical (unpaired) electrons. The van der Waals surface area contributed by atoms with Crippen molar-refractivity contribution in [2.75, 3.05) is 30.9 Å². The van der Waals surface area contributed by atoms with Crippen molar-refractivity contribution in [1.82, 2.24) is 9.97 Å². The Labute approximate surface area is 210 Å². The number of ether oxygens (including phenoxy) is 1. The highest BCUT2D eigenvalue weighted by Gasteiger charge is 2.41. The molecule has 0 N–H and O–H groups in total. The average molecular weight is 514 g/mol. The van der Waals surface area contributed by atoms with Gasteiger partial charge in [0.25, 0.3) is 0 Å². The zero-order chi connectivity index (χ0) is 25.4. The number of aryl methyl sites for hydroxylation is 1. The molecule has 1 aromatic heterocycles. The molecule has 2 aromatic carbocycles. The number of fused-ring (bicyclic) bond motifs is 1. The molecule has 2 fully saturated rings. The number of benzene rings is 2. The van der Waals surface area contributed by atoms with E-state index in [4.69, 9.17) is 4.74 Å². The van der Waals surface area contributed by atoms with E-state index in [0.29, 0.717) is 23.0 Å². The van der Waals surface area contributed by atoms with Crippen molar-refractivity contribution in [3.05, 3.63) is 66.0 Å². The monoisotopic (exact) mass is 513 g/mol. The fourth-order valence-corrected chi connectivity index (χ4v) is 6.01. The molecular formula is C27H29F2N3O3S. The van der Waals surface area contributed by atoms with E-state index in [1.807, 2.05) is 12.4 Å². The minimum atomic E-state index is -3.34. The molecule has 6 nitrogen and oxygen atoms in total. The molecule has 1 aliphatic carbocycles. The van der Waals surface area contributed by atoms with Gasteiger partial charge in [-0.3, -0.25) is 0 Å². The van der Waals surface area contributed by atoms with Crippen molar-refractivity contribution in [3.8, 4) is 16.9 Å². The molecule has 1 saturated heterocycles. The number of aromatic nitrogens is 2. The Kier molecular flexibility index (Phi) is 6.68. The van der Waals surface area contributed by atoms with E-state index in [9.17, 15) is 17.2 Å². The minimum absolute atomic E-state index is 0.151. The molecule has 3 atom stereocenters. The lowest BCUT2D eigenvalue weighted by Crippen LogP contribution is -2.24. The molecular weight excluding hydrogens is 484 g/mol. The first-order chi connectivity index (χ1) is 17.2. The lowest BCUT2D eigenvalue weighted by Gasteiger charge is -2.19. The van der Waals surface area contributed by atoms with Gasteiger partial charge in [0.2, 0.25) is 5.95 Å². The zero-order valence-electron chi connectivity index (χ0n) is 20.3. The van der Waals surface area contributed by atoms with E-state index < -0.39 is 21.5 Å². The number of rotatable bonds is 7. The molecule has 0 spiro atoms. The number of halogens is 2. The number of sulfone groups is 1. The quantitative estimate of drug-likeness (QED) is 0.446. The van der Waals surface area contributed by atoms with Gasteiger partial charge in [0, 0.05) is 31.7 Å². The highest BCUT2D eigenvalue weighted by atomic mass is 32.2. The predicted molar refractivity (Wildman–Crippen MR) is 134 cm³/mol. The maximum absolute atomic E-state index is 14.8. The van der Waals surface area contributed by atoms with Gasteiger partial charge in [-0.1, -0.05) is 19.1 Å². The summed E-state index contributed by atoms with van der Waals surface area (Å²) in [6.07, 6.45) is 7.68. The van der Waals surface area contributed by atoms with Gasteiger partial charge in [0.1, 0.15) is 0 Å². The Balaban J connectivity index is 1.19. The Morgan fingerprint density at radius 2 is 1.56 bits per heavy atom. The summed E-state index contributed by atoms with van der Waals surface area (Å²) in [5.41, 5.74) is 1.96. The summed E-state index contributed by atoms with van der Waals surface area (Å²) in [5.74, 6) is 0.107. The highest BCUT2D eigenvalue weighted by molar-refractivity contribution is 7.90. The molecule has 2 heterocycles. The highest BCUT2D eigenvalue weighted by Crippen LogP contribution is 2.42. The van der Waals surface area contributed by atoms with E-state index in [2.05, 4.69) is 21.8 Å². The molecule has 1 saturated carbocycles. The van der Waals surface area contributed by atoms with Gasteiger partial charge in [-0.25, -0.2) is 27.2 Å². The van der Waals surface area contributed by atoms with Crippen molar-refractivity contribution in [3.63, 3.8) is 0 Å². The maximum Gasteiger partial charge on any atom is 0.225 e. The maximum atomic E-state index is 14.8. The second-order valence-corrected chi connectivity index (χ2v) is 11.9. The van der Waals surface area contributed by atoms with Crippen molar-refractivity contribution in [2.45, 2.75) is 31.1 Å². The van der Waals surface area contributed by atoms with E-state index in [0.717, 1.165) is 50.1 Å². The van der Waals surface area contributed by atoms with Crippen LogP contribution < -0.4 is 9.64 Å². The van der Waals surface area contributed by atoms with E-state index >= 15 is 0 Å². The van der Waals surface area contributed by atoms with Crippen molar-refractivity contribution in [2.24, 2.45) is 17.8 Å². The predicted octanol–water partition coefficient (Wildman–Crippen LogP) is 4.93. The van der Waals surface area contributed by atoms with Crippen molar-refractivity contribution >= 4 is 15.8 Å². The summed E-state index contributed by atoms with van der Waals surface area (Å²) in [6.45, 7) is 4.13. The van der Waals surface area contributed by atoms with Gasteiger partial charge < -0.3 is 9.64 Å². The Bertz CT molecular complexity index is 1310. The molecule has 36 heavy (non-hydrogen) atoms. The molecule has 0 amide bonds. The first-order valence-electron chi connectivity index (χ1n) is 12.2. The van der Waals surface area contributed by atoms with Gasteiger partial charge in [0.15, 0.2) is 27.2 Å². The van der Waals surface area contributed by atoms with Crippen LogP contribution in [-0.4, -0.2) is 44.3 Å². The first-order valence-corrected chi connectivity index (χ1v) is 14.1. The van der Waals surface area contributed by atoms with Crippen LogP contribution in [0.25, 0.3) is 11.1 Å². The van der Waals surface area contributed by atoms with Crippen LogP contribution >= 0.6 is 0 Å². The summed E-state index contributed by atoms with van der Waals surface area (Å²) in [5, 5.41) is 0. The van der Waals surface area contributed by atoms with E-state index in [1.165, 1.54) is 36.4 Å². The summed E-state index contributed by atoms with van der Waals surface area (Å²) >= 11 is 0. The largest absolute Gasteiger partial charge is 0.487 e. The molecule has 3 aromatic rings. The van der Waals surface area contributed by atoms with Gasteiger partial charge in [-0.2, -0.15) is 0 Å². The number of hydrogen-bond acceptors (Lipinski definition) is 6. The second-order valence-electron chi connectivity index (χ2n) is 9.88. The van der Waals surface area contributed by atoms with Crippen molar-refractivity contribution < 1.29 is 21.9 Å². The van der Waals surface area contributed by atoms with E-state index in [-0.39, 0.29) is 23.2 Å². The number of nitrogens with zero attached hydrogens (tertiary/aromatic N) is 3. The van der Waals surface area contributed by atoms with Gasteiger partial charge in [0.05, 0.1) is 11.5 Å². The fraction of sp³-hybridized carbons (Fsp3) is 0.407. The Morgan fingerprint density at radius 3 is 2.08 bits per heavy atom. The topological polar surface area (TPSA) is 72.4 Å². The Hall–Kier alpha value is -3.07. The molecule has 0 bridgehead atoms. The summed E-state index contributed by atoms with van der Waals surface area (Å²) in [7, 11) is -3.34. The zero-order valence-corrected chi connectivity index (χ0v) is 21.1. The lowest BCUT2D eigenvalue weighted by molar-refractivity contribution is 0.226. The van der Waals surface area contributed by atoms with Crippen LogP contribution in [0.5, 0.6) is 5.75 Å². The lowest BCUT2D eigenvalue weighted by atomic mass is 10.0. The van der Waals surface area contributed by atoms with Gasteiger partial charge in [-0.05, 0) is 78.0 Å². The van der Waals surface area contributed by atoms with Crippen molar-refractivity contribution in [1.29, 1.82) is 0 Å². The fourth-order valence-electron chi connectivity index (χ4n) is 5.38. The minimum Gasteiger partial charge on any atom is -0.487 e. The smallest absolute Gasteiger partial charge is 0.225 e. The van der Waals surface area contributed by atoms with E-state index in [1.54, 1.807) is 0 Å². The van der Waals surface area contributed by atoms with Crippen LogP contribution in [0.3, 0.4) is 0 Å². The molecule has 190 valence electrons. The van der Waals surface area contributed by atoms with Crippen LogP contribution in [0.2, 0.25) is 0 Å². The number of anilines is 1. The average Bonchev–Trinajstić information content (AvgIpc) is 3.42. The molecule has 1 unspecified atom stereocenters.